The summed E-state index contributed by atoms with van der Waals surface area (Å²) >= 11 is 0. The summed E-state index contributed by atoms with van der Waals surface area (Å²) in [5, 5.41) is 29.7. The normalized spacial score (nSPS) is 18.5. The molecule has 146 valence electrons. The highest BCUT2D eigenvalue weighted by Crippen LogP contribution is 2.38. The number of halogens is 3. The van der Waals surface area contributed by atoms with E-state index >= 15 is 0 Å². The van der Waals surface area contributed by atoms with Crippen molar-refractivity contribution < 1.29 is 36.7 Å². The fourth-order valence-electron chi connectivity index (χ4n) is 2.96. The second kappa shape index (κ2) is 7.37. The molecule has 0 aromatic heterocycles. The summed E-state index contributed by atoms with van der Waals surface area (Å²) < 4.78 is 60.9. The Balaban J connectivity index is 2.39. The van der Waals surface area contributed by atoms with Crippen molar-refractivity contribution in [1.29, 1.82) is 0 Å². The number of nitro groups is 1. The van der Waals surface area contributed by atoms with E-state index in [4.69, 9.17) is 0 Å². The predicted molar refractivity (Wildman–Crippen MR) is 84.3 cm³/mol. The quantitative estimate of drug-likeness (QED) is 0.547. The largest absolute Gasteiger partial charge is 0.501 e. The van der Waals surface area contributed by atoms with Crippen LogP contribution in [0.15, 0.2) is 23.1 Å². The van der Waals surface area contributed by atoms with Gasteiger partial charge in [-0.05, 0) is 24.5 Å². The first-order chi connectivity index (χ1) is 12.0. The van der Waals surface area contributed by atoms with Gasteiger partial charge in [0.25, 0.3) is 15.5 Å². The third-order valence-corrected chi connectivity index (χ3v) is 5.94. The third kappa shape index (κ3) is 3.76. The Morgan fingerprint density at radius 1 is 1.31 bits per heavy atom. The number of anilines is 1. The molecule has 1 aliphatic rings. The van der Waals surface area contributed by atoms with Crippen molar-refractivity contribution in [2.45, 2.75) is 16.8 Å². The fraction of sp³-hybridized carbons (Fsp3) is 0.571. The van der Waals surface area contributed by atoms with E-state index in [0.29, 0.717) is 25.1 Å². The van der Waals surface area contributed by atoms with Crippen LogP contribution in [0.5, 0.6) is 0 Å². The van der Waals surface area contributed by atoms with Crippen molar-refractivity contribution in [3.63, 3.8) is 0 Å². The van der Waals surface area contributed by atoms with Crippen molar-refractivity contribution in [2.24, 2.45) is 11.8 Å². The molecule has 1 aromatic carbocycles. The van der Waals surface area contributed by atoms with E-state index in [0.717, 1.165) is 6.07 Å². The van der Waals surface area contributed by atoms with E-state index in [1.54, 1.807) is 0 Å². The van der Waals surface area contributed by atoms with Crippen LogP contribution in [0.1, 0.15) is 6.42 Å². The van der Waals surface area contributed by atoms with Gasteiger partial charge in [-0.2, -0.15) is 13.2 Å². The summed E-state index contributed by atoms with van der Waals surface area (Å²) in [7, 11) is -5.69. The molecule has 2 rings (SSSR count). The number of benzene rings is 1. The highest BCUT2D eigenvalue weighted by Gasteiger charge is 2.47. The highest BCUT2D eigenvalue weighted by atomic mass is 32.2. The van der Waals surface area contributed by atoms with E-state index in [1.165, 1.54) is 4.90 Å². The molecule has 0 aliphatic carbocycles. The minimum absolute atomic E-state index is 0.00625. The van der Waals surface area contributed by atoms with Crippen molar-refractivity contribution >= 4 is 21.2 Å². The standard InChI is InChI=1S/C14H17F3N2O6S/c15-14(16,17)26(24,25)11-1-2-12(13(5-11)19(22)23)18-4-3-9(6-18)10(7-20)8-21/h1-2,5,9-10,20-21H,3-4,6-8H2/t9-/m0/s1. The zero-order valence-electron chi connectivity index (χ0n) is 13.4. The summed E-state index contributed by atoms with van der Waals surface area (Å²) in [4.78, 5) is 10.7. The van der Waals surface area contributed by atoms with Crippen LogP contribution in [0.3, 0.4) is 0 Å². The molecule has 2 N–H and O–H groups in total. The summed E-state index contributed by atoms with van der Waals surface area (Å²) in [5.74, 6) is -0.563. The molecular formula is C14H17F3N2O6S. The molecule has 12 heteroatoms. The van der Waals surface area contributed by atoms with Crippen LogP contribution in [0, 0.1) is 22.0 Å². The number of nitrogens with zero attached hydrogens (tertiary/aromatic N) is 2. The summed E-state index contributed by atoms with van der Waals surface area (Å²) in [6.07, 6.45) is 0.519. The van der Waals surface area contributed by atoms with Gasteiger partial charge in [0.05, 0.1) is 9.82 Å². The second-order valence-electron chi connectivity index (χ2n) is 5.98. The molecule has 8 nitrogen and oxygen atoms in total. The van der Waals surface area contributed by atoms with Crippen LogP contribution in [-0.4, -0.2) is 55.4 Å². The van der Waals surface area contributed by atoms with Crippen LogP contribution in [0.4, 0.5) is 24.5 Å². The topological polar surface area (TPSA) is 121 Å². The Bertz CT molecular complexity index is 779. The first-order valence-corrected chi connectivity index (χ1v) is 9.07. The minimum Gasteiger partial charge on any atom is -0.396 e. The molecule has 0 radical (unpaired) electrons. The smallest absolute Gasteiger partial charge is 0.396 e. The van der Waals surface area contributed by atoms with E-state index < -0.39 is 36.8 Å². The molecular weight excluding hydrogens is 381 g/mol. The number of rotatable bonds is 6. The molecule has 0 amide bonds. The molecule has 1 saturated heterocycles. The first-order valence-electron chi connectivity index (χ1n) is 7.59. The number of aliphatic hydroxyl groups is 2. The van der Waals surface area contributed by atoms with Gasteiger partial charge in [0.2, 0.25) is 0 Å². The van der Waals surface area contributed by atoms with Crippen molar-refractivity contribution in [1.82, 2.24) is 0 Å². The average molecular weight is 398 g/mol. The fourth-order valence-corrected chi connectivity index (χ4v) is 3.75. The maximum absolute atomic E-state index is 12.7. The summed E-state index contributed by atoms with van der Waals surface area (Å²) in [5.41, 5.74) is -6.31. The van der Waals surface area contributed by atoms with E-state index in [2.05, 4.69) is 0 Å². The lowest BCUT2D eigenvalue weighted by Gasteiger charge is -2.22. The molecule has 0 bridgehead atoms. The van der Waals surface area contributed by atoms with Gasteiger partial charge in [-0.15, -0.1) is 0 Å². The lowest BCUT2D eigenvalue weighted by Crippen LogP contribution is -2.27. The Morgan fingerprint density at radius 2 is 1.92 bits per heavy atom. The van der Waals surface area contributed by atoms with Gasteiger partial charge in [0, 0.05) is 38.3 Å². The van der Waals surface area contributed by atoms with Crippen LogP contribution in [-0.2, 0) is 9.84 Å². The third-order valence-electron chi connectivity index (χ3n) is 4.46. The van der Waals surface area contributed by atoms with Gasteiger partial charge in [0.1, 0.15) is 5.69 Å². The molecule has 1 atom stereocenters. The number of alkyl halides is 3. The van der Waals surface area contributed by atoms with E-state index in [9.17, 15) is 41.9 Å². The van der Waals surface area contributed by atoms with Crippen LogP contribution < -0.4 is 4.90 Å². The molecule has 1 aromatic rings. The Labute approximate surface area is 146 Å². The number of sulfone groups is 1. The zero-order chi connectivity index (χ0) is 19.7. The Morgan fingerprint density at radius 3 is 2.42 bits per heavy atom. The summed E-state index contributed by atoms with van der Waals surface area (Å²) in [6, 6.07) is 2.07. The van der Waals surface area contributed by atoms with E-state index in [1.807, 2.05) is 0 Å². The molecule has 1 heterocycles. The molecule has 26 heavy (non-hydrogen) atoms. The van der Waals surface area contributed by atoms with Crippen LogP contribution in [0.2, 0.25) is 0 Å². The first kappa shape index (κ1) is 20.4. The van der Waals surface area contributed by atoms with Crippen molar-refractivity contribution in [2.75, 3.05) is 31.2 Å². The van der Waals surface area contributed by atoms with Gasteiger partial charge >= 0.3 is 5.51 Å². The van der Waals surface area contributed by atoms with Gasteiger partial charge in [-0.3, -0.25) is 10.1 Å². The van der Waals surface area contributed by atoms with Crippen molar-refractivity contribution in [3.05, 3.63) is 28.3 Å². The predicted octanol–water partition coefficient (Wildman–Crippen LogP) is 1.32. The maximum Gasteiger partial charge on any atom is 0.501 e. The van der Waals surface area contributed by atoms with Gasteiger partial charge < -0.3 is 15.1 Å². The SMILES string of the molecule is O=[N+]([O-])c1cc(S(=O)(=O)C(F)(F)F)ccc1N1CC[C@H](C(CO)CO)C1. The van der Waals surface area contributed by atoms with Crippen molar-refractivity contribution in [3.8, 4) is 0 Å². The number of hydrogen-bond acceptors (Lipinski definition) is 7. The Hall–Kier alpha value is -1.92. The molecule has 1 aliphatic heterocycles. The lowest BCUT2D eigenvalue weighted by atomic mass is 9.93. The number of aliphatic hydroxyl groups excluding tert-OH is 2. The highest BCUT2D eigenvalue weighted by molar-refractivity contribution is 7.92. The van der Waals surface area contributed by atoms with Gasteiger partial charge in [0.15, 0.2) is 0 Å². The minimum atomic E-state index is -5.69. The van der Waals surface area contributed by atoms with Crippen LogP contribution >= 0.6 is 0 Å². The monoisotopic (exact) mass is 398 g/mol. The number of hydrogen-bond donors (Lipinski definition) is 2. The van der Waals surface area contributed by atoms with E-state index in [-0.39, 0.29) is 31.4 Å². The zero-order valence-corrected chi connectivity index (χ0v) is 14.2. The van der Waals surface area contributed by atoms with Gasteiger partial charge in [-0.25, -0.2) is 8.42 Å². The second-order valence-corrected chi connectivity index (χ2v) is 7.92. The Kier molecular flexibility index (Phi) is 5.78. The molecule has 0 unspecified atom stereocenters. The van der Waals surface area contributed by atoms with Gasteiger partial charge in [-0.1, -0.05) is 0 Å². The molecule has 1 fully saturated rings. The number of nitro benzene ring substituents is 1. The molecule has 0 saturated carbocycles. The maximum atomic E-state index is 12.7. The average Bonchev–Trinajstić information content (AvgIpc) is 3.04. The molecule has 0 spiro atoms. The lowest BCUT2D eigenvalue weighted by molar-refractivity contribution is -0.384. The van der Waals surface area contributed by atoms with Crippen LogP contribution in [0.25, 0.3) is 0 Å². The summed E-state index contributed by atoms with van der Waals surface area (Å²) in [6.45, 7) is 0.0467.